The van der Waals surface area contributed by atoms with Gasteiger partial charge in [-0.15, -0.1) is 0 Å². The standard InChI is InChI=1S/C71H133N2O7P/c1-7-10-13-16-19-22-25-27-29-31-33-35-36-38-40-42-44-46-49-52-55-58-61-64-71(75)80-69(62-59-56-53-50-47-24-21-18-15-12-9-3)68(67-79-81(76,77)78-66-65-73(4,5)6)72-70(74)63-60-57-54-51-48-45-43-41-39-37-34-32-30-28-26-23-20-17-14-11-8-2/h19,22,27-30,33,35,59,62,68-69H,7-18,20-21,23-26,31-32,34,36-58,60-61,63-67H2,1-6H3,(H-,72,74,76,77)/p+1/b22-19-,29-27-,30-28+,35-33-,62-59+. The quantitative estimate of drug-likeness (QED) is 0.0205. The lowest BCUT2D eigenvalue weighted by Crippen LogP contribution is -2.47. The number of esters is 1. The van der Waals surface area contributed by atoms with E-state index in [0.717, 1.165) is 70.6 Å². The molecule has 0 radical (unpaired) electrons. The first-order valence-corrected chi connectivity index (χ1v) is 36.1. The summed E-state index contributed by atoms with van der Waals surface area (Å²) in [5.41, 5.74) is 0. The molecule has 0 bridgehead atoms. The Morgan fingerprint density at radius 1 is 0.432 bits per heavy atom. The molecular weight excluding hydrogens is 1020 g/mol. The SMILES string of the molecule is CCCCC/C=C\C/C=C\C/C=C\CCCCCCCCCCCCC(=O)OC(/C=C/CCCCCCCCCCC)C(COP(=O)(O)OCC[N+](C)(C)C)NC(=O)CCCCCCCCCCCCC/C=C/CCCCCCCC. The maximum absolute atomic E-state index is 13.6. The molecule has 0 aliphatic heterocycles. The van der Waals surface area contributed by atoms with Gasteiger partial charge in [-0.05, 0) is 96.0 Å². The number of nitrogens with one attached hydrogen (secondary N) is 1. The number of allylic oxidation sites excluding steroid dienone is 9. The van der Waals surface area contributed by atoms with Crippen LogP contribution in [0.3, 0.4) is 0 Å². The van der Waals surface area contributed by atoms with E-state index in [1.165, 1.54) is 225 Å². The van der Waals surface area contributed by atoms with Gasteiger partial charge in [0.1, 0.15) is 19.3 Å². The topological polar surface area (TPSA) is 111 Å². The average Bonchev–Trinajstić information content (AvgIpc) is 3.44. The molecule has 0 saturated heterocycles. The first kappa shape index (κ1) is 78.7. The zero-order chi connectivity index (χ0) is 59.3. The Bertz CT molecular complexity index is 1570. The summed E-state index contributed by atoms with van der Waals surface area (Å²) >= 11 is 0. The van der Waals surface area contributed by atoms with Crippen LogP contribution in [0.5, 0.6) is 0 Å². The highest BCUT2D eigenvalue weighted by molar-refractivity contribution is 7.47. The van der Waals surface area contributed by atoms with Gasteiger partial charge >= 0.3 is 13.8 Å². The monoisotopic (exact) mass is 1160 g/mol. The van der Waals surface area contributed by atoms with E-state index in [-0.39, 0.29) is 31.5 Å². The lowest BCUT2D eigenvalue weighted by Gasteiger charge is -2.27. The summed E-state index contributed by atoms with van der Waals surface area (Å²) in [4.78, 5) is 37.8. The number of carbonyl (C=O) groups excluding carboxylic acids is 2. The van der Waals surface area contributed by atoms with Crippen LogP contribution in [0.25, 0.3) is 0 Å². The molecule has 0 aromatic carbocycles. The van der Waals surface area contributed by atoms with Crippen LogP contribution >= 0.6 is 7.82 Å². The highest BCUT2D eigenvalue weighted by Crippen LogP contribution is 2.43. The Hall–Kier alpha value is -2.29. The van der Waals surface area contributed by atoms with Crippen molar-refractivity contribution in [2.45, 2.75) is 341 Å². The Labute approximate surface area is 502 Å². The van der Waals surface area contributed by atoms with Crippen LogP contribution in [-0.2, 0) is 27.9 Å². The van der Waals surface area contributed by atoms with Crippen molar-refractivity contribution < 1.29 is 37.3 Å². The van der Waals surface area contributed by atoms with E-state index < -0.39 is 20.0 Å². The molecule has 474 valence electrons. The van der Waals surface area contributed by atoms with E-state index in [4.69, 9.17) is 13.8 Å². The van der Waals surface area contributed by atoms with E-state index >= 15 is 0 Å². The maximum Gasteiger partial charge on any atom is 0.472 e. The number of unbranched alkanes of at least 4 members (excludes halogenated alkanes) is 39. The Morgan fingerprint density at radius 3 is 1.16 bits per heavy atom. The zero-order valence-corrected chi connectivity index (χ0v) is 55.2. The first-order chi connectivity index (χ1) is 39.4. The molecule has 2 N–H and O–H groups in total. The van der Waals surface area contributed by atoms with E-state index in [1.807, 2.05) is 33.3 Å². The lowest BCUT2D eigenvalue weighted by atomic mass is 10.0. The second-order valence-corrected chi connectivity index (χ2v) is 26.1. The molecule has 0 spiro atoms. The number of quaternary nitrogens is 1. The summed E-state index contributed by atoms with van der Waals surface area (Å²) in [6.45, 7) is 7.01. The summed E-state index contributed by atoms with van der Waals surface area (Å²) in [6.07, 6.45) is 78.0. The largest absolute Gasteiger partial charge is 0.472 e. The van der Waals surface area contributed by atoms with E-state index in [9.17, 15) is 19.0 Å². The molecule has 3 atom stereocenters. The van der Waals surface area contributed by atoms with Gasteiger partial charge in [0.2, 0.25) is 5.91 Å². The summed E-state index contributed by atoms with van der Waals surface area (Å²) in [5.74, 6) is -0.500. The second kappa shape index (κ2) is 60.8. The fraction of sp³-hybridized carbons (Fsp3) is 0.831. The Kier molecular flexibility index (Phi) is 59.1. The zero-order valence-electron chi connectivity index (χ0n) is 54.3. The molecule has 81 heavy (non-hydrogen) atoms. The van der Waals surface area contributed by atoms with Crippen molar-refractivity contribution in [2.24, 2.45) is 0 Å². The van der Waals surface area contributed by atoms with Crippen molar-refractivity contribution in [1.29, 1.82) is 0 Å². The molecule has 0 rings (SSSR count). The number of hydrogen-bond acceptors (Lipinski definition) is 6. The van der Waals surface area contributed by atoms with Crippen LogP contribution in [0, 0.1) is 0 Å². The molecular formula is C71H134N2O7P+. The number of ether oxygens (including phenoxy) is 1. The minimum Gasteiger partial charge on any atom is -0.456 e. The summed E-state index contributed by atoms with van der Waals surface area (Å²) in [7, 11) is 1.50. The third kappa shape index (κ3) is 62.1. The van der Waals surface area contributed by atoms with Gasteiger partial charge in [-0.25, -0.2) is 4.57 Å². The smallest absolute Gasteiger partial charge is 0.456 e. The highest BCUT2D eigenvalue weighted by Gasteiger charge is 2.30. The Balaban J connectivity index is 5.07. The van der Waals surface area contributed by atoms with Gasteiger partial charge in [0, 0.05) is 12.8 Å². The van der Waals surface area contributed by atoms with Crippen molar-refractivity contribution in [2.75, 3.05) is 40.9 Å². The summed E-state index contributed by atoms with van der Waals surface area (Å²) < 4.78 is 30.8. The van der Waals surface area contributed by atoms with Crippen molar-refractivity contribution in [3.63, 3.8) is 0 Å². The van der Waals surface area contributed by atoms with Gasteiger partial charge in [-0.1, -0.05) is 281 Å². The molecule has 0 heterocycles. The number of likely N-dealkylation sites (N-methyl/N-ethyl adjacent to an activating group) is 1. The van der Waals surface area contributed by atoms with Crippen LogP contribution < -0.4 is 5.32 Å². The predicted octanol–water partition coefficient (Wildman–Crippen LogP) is 21.8. The molecule has 0 aromatic heterocycles. The van der Waals surface area contributed by atoms with Gasteiger partial charge in [0.25, 0.3) is 0 Å². The molecule has 0 fully saturated rings. The number of hydrogen-bond donors (Lipinski definition) is 2. The van der Waals surface area contributed by atoms with Crippen LogP contribution in [0.1, 0.15) is 329 Å². The molecule has 9 nitrogen and oxygen atoms in total. The van der Waals surface area contributed by atoms with E-state index in [0.29, 0.717) is 17.4 Å². The first-order valence-electron chi connectivity index (χ1n) is 34.6. The van der Waals surface area contributed by atoms with Gasteiger partial charge in [0.15, 0.2) is 0 Å². The molecule has 1 amide bonds. The Morgan fingerprint density at radius 2 is 0.753 bits per heavy atom. The minimum absolute atomic E-state index is 0.0393. The van der Waals surface area contributed by atoms with Crippen molar-refractivity contribution in [1.82, 2.24) is 5.32 Å². The van der Waals surface area contributed by atoms with Crippen molar-refractivity contribution >= 4 is 19.7 Å². The van der Waals surface area contributed by atoms with Crippen molar-refractivity contribution in [3.05, 3.63) is 60.8 Å². The number of nitrogens with zero attached hydrogens (tertiary/aromatic N) is 1. The predicted molar refractivity (Wildman–Crippen MR) is 351 cm³/mol. The molecule has 3 unspecified atom stereocenters. The molecule has 0 aliphatic rings. The van der Waals surface area contributed by atoms with E-state index in [1.54, 1.807) is 0 Å². The van der Waals surface area contributed by atoms with Gasteiger partial charge in [0.05, 0.1) is 33.8 Å². The third-order valence-electron chi connectivity index (χ3n) is 15.4. The van der Waals surface area contributed by atoms with Crippen molar-refractivity contribution in [3.8, 4) is 0 Å². The van der Waals surface area contributed by atoms with Crippen LogP contribution in [0.2, 0.25) is 0 Å². The van der Waals surface area contributed by atoms with Gasteiger partial charge in [-0.2, -0.15) is 0 Å². The molecule has 0 saturated carbocycles. The fourth-order valence-corrected chi connectivity index (χ4v) is 10.8. The number of amides is 1. The normalized spacial score (nSPS) is 13.9. The fourth-order valence-electron chi connectivity index (χ4n) is 10.1. The summed E-state index contributed by atoms with van der Waals surface area (Å²) in [5, 5.41) is 3.07. The summed E-state index contributed by atoms with van der Waals surface area (Å²) in [6, 6.07) is -0.851. The second-order valence-electron chi connectivity index (χ2n) is 24.7. The van der Waals surface area contributed by atoms with Gasteiger partial charge in [-0.3, -0.25) is 18.6 Å². The van der Waals surface area contributed by atoms with E-state index in [2.05, 4.69) is 74.7 Å². The minimum atomic E-state index is -4.45. The average molecular weight is 1160 g/mol. The highest BCUT2D eigenvalue weighted by atomic mass is 31.2. The molecule has 0 aromatic rings. The molecule has 10 heteroatoms. The number of phosphoric ester groups is 1. The lowest BCUT2D eigenvalue weighted by molar-refractivity contribution is -0.870. The van der Waals surface area contributed by atoms with Crippen LogP contribution in [-0.4, -0.2) is 74.3 Å². The number of rotatable bonds is 63. The third-order valence-corrected chi connectivity index (χ3v) is 16.4. The molecule has 0 aliphatic carbocycles. The van der Waals surface area contributed by atoms with Crippen LogP contribution in [0.4, 0.5) is 0 Å². The number of carbonyl (C=O) groups is 2. The maximum atomic E-state index is 13.6. The van der Waals surface area contributed by atoms with Crippen LogP contribution in [0.15, 0.2) is 60.8 Å². The van der Waals surface area contributed by atoms with Gasteiger partial charge < -0.3 is 19.4 Å². The number of phosphoric acid groups is 1.